The molecule has 0 aliphatic carbocycles. The molecule has 0 fully saturated rings. The van der Waals surface area contributed by atoms with Crippen LogP contribution in [-0.2, 0) is 6.18 Å². The Bertz CT molecular complexity index is 1040. The molecule has 3 rings (SSSR count). The number of benzene rings is 3. The van der Waals surface area contributed by atoms with Crippen molar-refractivity contribution in [3.63, 3.8) is 0 Å². The molecule has 0 spiro atoms. The van der Waals surface area contributed by atoms with E-state index in [1.165, 1.54) is 23.1 Å². The van der Waals surface area contributed by atoms with E-state index < -0.39 is 17.6 Å². The van der Waals surface area contributed by atoms with E-state index in [1.807, 2.05) is 0 Å². The number of amides is 1. The number of hydrogen-bond donors (Lipinski definition) is 2. The van der Waals surface area contributed by atoms with Gasteiger partial charge in [-0.05, 0) is 54.6 Å². The van der Waals surface area contributed by atoms with E-state index in [4.69, 9.17) is 11.6 Å². The molecule has 0 aromatic heterocycles. The van der Waals surface area contributed by atoms with Gasteiger partial charge in [-0.15, -0.1) is 0 Å². The molecule has 4 nitrogen and oxygen atoms in total. The summed E-state index contributed by atoms with van der Waals surface area (Å²) in [5.74, 6) is -0.620. The molecular weight excluding hydrogens is 405 g/mol. The number of phenols is 1. The quantitative estimate of drug-likeness (QED) is 0.537. The van der Waals surface area contributed by atoms with Crippen molar-refractivity contribution in [3.05, 3.63) is 82.9 Å². The molecule has 8 heteroatoms. The predicted molar refractivity (Wildman–Crippen MR) is 107 cm³/mol. The maximum absolute atomic E-state index is 13.0. The molecule has 0 bridgehead atoms. The van der Waals surface area contributed by atoms with Crippen LogP contribution in [0.1, 0.15) is 15.9 Å². The molecule has 0 radical (unpaired) electrons. The van der Waals surface area contributed by atoms with Crippen LogP contribution in [0.3, 0.4) is 0 Å². The number of nitrogens with one attached hydrogen (secondary N) is 1. The number of para-hydroxylation sites is 1. The smallest absolute Gasteiger partial charge is 0.416 e. The zero-order valence-electron chi connectivity index (χ0n) is 15.2. The van der Waals surface area contributed by atoms with Crippen molar-refractivity contribution in [1.82, 2.24) is 0 Å². The first-order chi connectivity index (χ1) is 13.7. The summed E-state index contributed by atoms with van der Waals surface area (Å²) in [7, 11) is 1.59. The highest BCUT2D eigenvalue weighted by molar-refractivity contribution is 6.33. The number of carbonyl (C=O) groups excluding carboxylic acids is 1. The fourth-order valence-corrected chi connectivity index (χ4v) is 2.96. The summed E-state index contributed by atoms with van der Waals surface area (Å²) in [6.07, 6.45) is -4.47. The molecule has 29 heavy (non-hydrogen) atoms. The lowest BCUT2D eigenvalue weighted by molar-refractivity contribution is -0.137. The maximum Gasteiger partial charge on any atom is 0.416 e. The van der Waals surface area contributed by atoms with E-state index in [2.05, 4.69) is 5.32 Å². The zero-order valence-corrected chi connectivity index (χ0v) is 15.9. The minimum atomic E-state index is -4.47. The van der Waals surface area contributed by atoms with Crippen LogP contribution < -0.4 is 10.2 Å². The summed E-state index contributed by atoms with van der Waals surface area (Å²) in [6.45, 7) is 0. The van der Waals surface area contributed by atoms with Crippen LogP contribution in [0.15, 0.2) is 66.7 Å². The fraction of sp³-hybridized carbons (Fsp3) is 0.0952. The van der Waals surface area contributed by atoms with Gasteiger partial charge in [0.2, 0.25) is 0 Å². The van der Waals surface area contributed by atoms with Crippen LogP contribution in [0.4, 0.5) is 30.2 Å². The van der Waals surface area contributed by atoms with E-state index in [0.29, 0.717) is 11.4 Å². The Balaban J connectivity index is 1.80. The van der Waals surface area contributed by atoms with Crippen molar-refractivity contribution in [2.24, 2.45) is 0 Å². The molecule has 0 atom stereocenters. The van der Waals surface area contributed by atoms with Gasteiger partial charge in [0.25, 0.3) is 5.91 Å². The Hall–Kier alpha value is -3.19. The minimum absolute atomic E-state index is 0.129. The van der Waals surface area contributed by atoms with E-state index in [-0.39, 0.29) is 22.0 Å². The van der Waals surface area contributed by atoms with E-state index in [1.54, 1.807) is 43.4 Å². The number of anilines is 3. The number of phenolic OH excluding ortho intramolecular Hbond substituents is 1. The van der Waals surface area contributed by atoms with Crippen LogP contribution in [-0.4, -0.2) is 18.1 Å². The second-order valence-electron chi connectivity index (χ2n) is 6.24. The van der Waals surface area contributed by atoms with Crippen LogP contribution in [0.2, 0.25) is 5.02 Å². The van der Waals surface area contributed by atoms with Gasteiger partial charge in [-0.2, -0.15) is 13.2 Å². The Morgan fingerprint density at radius 1 is 1.03 bits per heavy atom. The third kappa shape index (κ3) is 4.63. The summed E-state index contributed by atoms with van der Waals surface area (Å²) in [4.78, 5) is 13.8. The number of halogens is 4. The SMILES string of the molecule is CN(c1ccc(NC(=O)c2ccccc2O)cc1)c1cc(C(F)(F)F)ccc1Cl. The number of hydrogen-bond acceptors (Lipinski definition) is 3. The number of rotatable bonds is 4. The largest absolute Gasteiger partial charge is 0.507 e. The molecule has 2 N–H and O–H groups in total. The number of carbonyl (C=O) groups is 1. The van der Waals surface area contributed by atoms with Gasteiger partial charge in [0.05, 0.1) is 21.8 Å². The molecule has 150 valence electrons. The Morgan fingerprint density at radius 3 is 2.31 bits per heavy atom. The van der Waals surface area contributed by atoms with E-state index >= 15 is 0 Å². The highest BCUT2D eigenvalue weighted by Crippen LogP contribution is 2.37. The first-order valence-corrected chi connectivity index (χ1v) is 8.84. The third-order valence-electron chi connectivity index (χ3n) is 4.30. The van der Waals surface area contributed by atoms with Crippen LogP contribution in [0.5, 0.6) is 5.75 Å². The Kier molecular flexibility index (Phi) is 5.70. The van der Waals surface area contributed by atoms with Crippen molar-refractivity contribution >= 4 is 34.6 Å². The summed E-state index contributed by atoms with van der Waals surface area (Å²) in [5, 5.41) is 12.6. The fourth-order valence-electron chi connectivity index (χ4n) is 2.72. The molecule has 0 heterocycles. The average molecular weight is 421 g/mol. The number of aromatic hydroxyl groups is 1. The predicted octanol–water partition coefficient (Wildman–Crippen LogP) is 6.08. The number of nitrogens with zero attached hydrogens (tertiary/aromatic N) is 1. The molecule has 0 unspecified atom stereocenters. The first-order valence-electron chi connectivity index (χ1n) is 8.46. The molecule has 3 aromatic carbocycles. The van der Waals surface area contributed by atoms with Gasteiger partial charge >= 0.3 is 6.18 Å². The summed E-state index contributed by atoms with van der Waals surface area (Å²) in [6, 6.07) is 15.7. The highest BCUT2D eigenvalue weighted by Gasteiger charge is 2.31. The topological polar surface area (TPSA) is 52.6 Å². The van der Waals surface area contributed by atoms with Gasteiger partial charge in [0.15, 0.2) is 0 Å². The minimum Gasteiger partial charge on any atom is -0.507 e. The van der Waals surface area contributed by atoms with Gasteiger partial charge in [0.1, 0.15) is 5.75 Å². The Labute approximate surface area is 170 Å². The molecule has 3 aromatic rings. The van der Waals surface area contributed by atoms with Crippen LogP contribution in [0, 0.1) is 0 Å². The van der Waals surface area contributed by atoms with Gasteiger partial charge in [-0.3, -0.25) is 4.79 Å². The molecule has 0 aliphatic heterocycles. The van der Waals surface area contributed by atoms with Gasteiger partial charge in [0, 0.05) is 18.4 Å². The van der Waals surface area contributed by atoms with Gasteiger partial charge < -0.3 is 15.3 Å². The van der Waals surface area contributed by atoms with Gasteiger partial charge in [-0.1, -0.05) is 23.7 Å². The average Bonchev–Trinajstić information content (AvgIpc) is 2.68. The highest BCUT2D eigenvalue weighted by atomic mass is 35.5. The lowest BCUT2D eigenvalue weighted by Crippen LogP contribution is -2.14. The van der Waals surface area contributed by atoms with Crippen LogP contribution >= 0.6 is 11.6 Å². The zero-order chi connectivity index (χ0) is 21.2. The third-order valence-corrected chi connectivity index (χ3v) is 4.62. The van der Waals surface area contributed by atoms with E-state index in [9.17, 15) is 23.1 Å². The second kappa shape index (κ2) is 8.05. The number of alkyl halides is 3. The summed E-state index contributed by atoms with van der Waals surface area (Å²) >= 11 is 6.08. The van der Waals surface area contributed by atoms with Crippen LogP contribution in [0.25, 0.3) is 0 Å². The standard InChI is InChI=1S/C21H16ClF3N2O2/c1-27(18-12-13(21(23,24)25)6-11-17(18)22)15-9-7-14(8-10-15)26-20(29)16-4-2-3-5-19(16)28/h2-12,28H,1H3,(H,26,29). The Morgan fingerprint density at radius 2 is 1.69 bits per heavy atom. The summed E-state index contributed by atoms with van der Waals surface area (Å²) < 4.78 is 39.0. The van der Waals surface area contributed by atoms with Crippen molar-refractivity contribution in [2.45, 2.75) is 6.18 Å². The van der Waals surface area contributed by atoms with Crippen molar-refractivity contribution in [1.29, 1.82) is 0 Å². The molecular formula is C21H16ClF3N2O2. The monoisotopic (exact) mass is 420 g/mol. The lowest BCUT2D eigenvalue weighted by atomic mass is 10.1. The molecule has 0 aliphatic rings. The lowest BCUT2D eigenvalue weighted by Gasteiger charge is -2.22. The van der Waals surface area contributed by atoms with Gasteiger partial charge in [-0.25, -0.2) is 0 Å². The maximum atomic E-state index is 13.0. The summed E-state index contributed by atoms with van der Waals surface area (Å²) in [5.41, 5.74) is 0.574. The van der Waals surface area contributed by atoms with Crippen molar-refractivity contribution < 1.29 is 23.1 Å². The molecule has 0 saturated heterocycles. The molecule has 1 amide bonds. The van der Waals surface area contributed by atoms with Crippen molar-refractivity contribution in [2.75, 3.05) is 17.3 Å². The molecule has 0 saturated carbocycles. The second-order valence-corrected chi connectivity index (χ2v) is 6.65. The van der Waals surface area contributed by atoms with E-state index in [0.717, 1.165) is 12.1 Å². The first kappa shape index (κ1) is 20.5. The van der Waals surface area contributed by atoms with Crippen molar-refractivity contribution in [3.8, 4) is 5.75 Å². The normalized spacial score (nSPS) is 11.2.